The Morgan fingerprint density at radius 3 is 2.11 bits per heavy atom. The molecule has 0 aromatic heterocycles. The van der Waals surface area contributed by atoms with E-state index in [0.29, 0.717) is 6.42 Å². The molecule has 152 valence electrons. The van der Waals surface area contributed by atoms with E-state index in [1.165, 1.54) is 5.56 Å². The Balaban J connectivity index is 0.00000253. The van der Waals surface area contributed by atoms with Gasteiger partial charge in [0.2, 0.25) is 0 Å². The number of aryl methyl sites for hydroxylation is 3. The van der Waals surface area contributed by atoms with E-state index in [9.17, 15) is 9.59 Å². The maximum atomic E-state index is 12.9. The minimum atomic E-state index is -0.182. The Morgan fingerprint density at radius 1 is 0.964 bits per heavy atom. The summed E-state index contributed by atoms with van der Waals surface area (Å²) in [4.78, 5) is 24.3. The second-order valence-electron chi connectivity index (χ2n) is 6.91. The van der Waals surface area contributed by atoms with E-state index < -0.39 is 0 Å². The molecule has 1 atom stereocenters. The summed E-state index contributed by atoms with van der Waals surface area (Å²) in [5, 5.41) is 0. The van der Waals surface area contributed by atoms with Crippen LogP contribution in [0, 0.1) is 6.92 Å². The van der Waals surface area contributed by atoms with Gasteiger partial charge in [-0.25, -0.2) is 0 Å². The van der Waals surface area contributed by atoms with Crippen LogP contribution in [0.1, 0.15) is 87.4 Å². The summed E-state index contributed by atoms with van der Waals surface area (Å²) >= 11 is 0. The van der Waals surface area contributed by atoms with Gasteiger partial charge in [0.1, 0.15) is 5.78 Å². The Hall–Kier alpha value is -2.22. The van der Waals surface area contributed by atoms with Crippen molar-refractivity contribution in [2.24, 2.45) is 0 Å². The smallest absolute Gasteiger partial charge is 0.163 e. The van der Waals surface area contributed by atoms with Crippen LogP contribution in [0.25, 0.3) is 0 Å². The molecule has 0 aliphatic rings. The fourth-order valence-corrected chi connectivity index (χ4v) is 3.33. The average molecular weight is 381 g/mol. The fraction of sp³-hybridized carbons (Fsp3) is 0.423. The molecule has 2 heteroatoms. The molecule has 0 heterocycles. The van der Waals surface area contributed by atoms with Crippen LogP contribution < -0.4 is 0 Å². The SMILES string of the molecule is CC.[CH2]C(=O)C(C)c1ccc(CCC(=O)c2c(CC)cccc2CCC)cc1.[H]. The van der Waals surface area contributed by atoms with Crippen LogP contribution in [0.3, 0.4) is 0 Å². The van der Waals surface area contributed by atoms with Crippen LogP contribution in [-0.2, 0) is 24.1 Å². The molecule has 0 aliphatic heterocycles. The predicted octanol–water partition coefficient (Wildman–Crippen LogP) is 6.66. The molecule has 28 heavy (non-hydrogen) atoms. The first-order chi connectivity index (χ1) is 13.5. The van der Waals surface area contributed by atoms with Gasteiger partial charge >= 0.3 is 0 Å². The first-order valence-corrected chi connectivity index (χ1v) is 10.6. The summed E-state index contributed by atoms with van der Waals surface area (Å²) in [6.07, 6.45) is 4.09. The van der Waals surface area contributed by atoms with Crippen LogP contribution in [-0.4, -0.2) is 11.6 Å². The molecule has 2 aromatic rings. The van der Waals surface area contributed by atoms with Gasteiger partial charge in [-0.1, -0.05) is 83.5 Å². The Labute approximate surface area is 172 Å². The Morgan fingerprint density at radius 2 is 1.57 bits per heavy atom. The summed E-state index contributed by atoms with van der Waals surface area (Å²) in [6.45, 7) is 13.6. The van der Waals surface area contributed by atoms with E-state index in [-0.39, 0.29) is 18.9 Å². The van der Waals surface area contributed by atoms with E-state index in [1.54, 1.807) is 0 Å². The number of carbonyl (C=O) groups excluding carboxylic acids is 2. The van der Waals surface area contributed by atoms with Crippen LogP contribution >= 0.6 is 0 Å². The van der Waals surface area contributed by atoms with E-state index >= 15 is 0 Å². The number of carbonyl (C=O) groups is 2. The van der Waals surface area contributed by atoms with Crippen molar-refractivity contribution < 1.29 is 11.0 Å². The molecule has 0 N–H and O–H groups in total. The van der Waals surface area contributed by atoms with E-state index in [1.807, 2.05) is 45.0 Å². The van der Waals surface area contributed by atoms with Gasteiger partial charge in [-0.15, -0.1) is 0 Å². The largest absolute Gasteiger partial charge is 0.299 e. The third-order valence-corrected chi connectivity index (χ3v) is 5.02. The van der Waals surface area contributed by atoms with Crippen LogP contribution in [0.5, 0.6) is 0 Å². The third-order valence-electron chi connectivity index (χ3n) is 5.02. The lowest BCUT2D eigenvalue weighted by Crippen LogP contribution is -2.09. The zero-order valence-corrected chi connectivity index (χ0v) is 18.2. The Bertz CT molecular complexity index is 763. The zero-order valence-electron chi connectivity index (χ0n) is 19.2. The van der Waals surface area contributed by atoms with Gasteiger partial charge < -0.3 is 0 Å². The summed E-state index contributed by atoms with van der Waals surface area (Å²) in [5.74, 6) is -0.0254. The van der Waals surface area contributed by atoms with E-state index in [4.69, 9.17) is 0 Å². The molecule has 1 unspecified atom stereocenters. The number of hydrogen-bond donors (Lipinski definition) is 0. The molecular weight excluding hydrogens is 344 g/mol. The van der Waals surface area contributed by atoms with Crippen molar-refractivity contribution in [2.45, 2.75) is 72.6 Å². The highest BCUT2D eigenvalue weighted by atomic mass is 16.1. The molecule has 0 spiro atoms. The van der Waals surface area contributed by atoms with Gasteiger partial charge in [0.25, 0.3) is 0 Å². The third kappa shape index (κ3) is 6.44. The van der Waals surface area contributed by atoms with Crippen LogP contribution in [0.4, 0.5) is 0 Å². The zero-order chi connectivity index (χ0) is 21.1. The molecule has 0 amide bonds. The summed E-state index contributed by atoms with van der Waals surface area (Å²) < 4.78 is 0. The molecule has 0 saturated heterocycles. The standard InChI is InChI=1S/C24H29O2.C2H6.H/c1-5-8-22-10-7-9-20(6-2)24(22)23(26)16-13-19-11-14-21(15-12-19)17(3)18(4)25;1-2;/h7,9-12,14-15,17H,4-6,8,13,16H2,1-3H3;1-2H3;. The fourth-order valence-electron chi connectivity index (χ4n) is 3.33. The maximum absolute atomic E-state index is 12.9. The van der Waals surface area contributed by atoms with Crippen molar-refractivity contribution >= 4 is 11.6 Å². The summed E-state index contributed by atoms with van der Waals surface area (Å²) in [5.41, 5.74) is 5.36. The maximum Gasteiger partial charge on any atom is 0.163 e. The Kier molecular flexibility index (Phi) is 10.4. The van der Waals surface area contributed by atoms with Gasteiger partial charge in [0.05, 0.1) is 0 Å². The lowest BCUT2D eigenvalue weighted by Gasteiger charge is -2.13. The highest BCUT2D eigenvalue weighted by molar-refractivity contribution is 5.99. The molecule has 2 nitrogen and oxygen atoms in total. The number of benzene rings is 2. The van der Waals surface area contributed by atoms with Crippen LogP contribution in [0.15, 0.2) is 42.5 Å². The highest BCUT2D eigenvalue weighted by Crippen LogP contribution is 2.21. The summed E-state index contributed by atoms with van der Waals surface area (Å²) in [7, 11) is 0. The number of Topliss-reactive ketones (excluding diaryl/α,β-unsaturated/α-hetero) is 2. The van der Waals surface area contributed by atoms with Gasteiger partial charge in [-0.2, -0.15) is 0 Å². The lowest BCUT2D eigenvalue weighted by atomic mass is 9.90. The van der Waals surface area contributed by atoms with Gasteiger partial charge in [0.15, 0.2) is 5.78 Å². The molecule has 2 rings (SSSR count). The quantitative estimate of drug-likeness (QED) is 0.456. The van der Waals surface area contributed by atoms with Crippen molar-refractivity contribution in [3.8, 4) is 0 Å². The molecule has 0 bridgehead atoms. The second kappa shape index (κ2) is 12.3. The molecule has 0 saturated carbocycles. The first kappa shape index (κ1) is 23.8. The first-order valence-electron chi connectivity index (χ1n) is 10.6. The molecule has 2 aromatic carbocycles. The minimum absolute atomic E-state index is 0. The second-order valence-corrected chi connectivity index (χ2v) is 6.91. The van der Waals surface area contributed by atoms with Crippen molar-refractivity contribution in [3.63, 3.8) is 0 Å². The monoisotopic (exact) mass is 380 g/mol. The van der Waals surface area contributed by atoms with Crippen molar-refractivity contribution in [1.29, 1.82) is 0 Å². The van der Waals surface area contributed by atoms with Gasteiger partial charge in [-0.05, 0) is 41.5 Å². The van der Waals surface area contributed by atoms with E-state index in [0.717, 1.165) is 47.9 Å². The van der Waals surface area contributed by atoms with Crippen molar-refractivity contribution in [1.82, 2.24) is 0 Å². The lowest BCUT2D eigenvalue weighted by molar-refractivity contribution is -0.115. The predicted molar refractivity (Wildman–Crippen MR) is 120 cm³/mol. The van der Waals surface area contributed by atoms with Crippen molar-refractivity contribution in [3.05, 3.63) is 77.2 Å². The molecule has 0 fully saturated rings. The van der Waals surface area contributed by atoms with E-state index in [2.05, 4.69) is 39.0 Å². The van der Waals surface area contributed by atoms with Crippen molar-refractivity contribution in [2.75, 3.05) is 0 Å². The van der Waals surface area contributed by atoms with Gasteiger partial charge in [-0.3, -0.25) is 9.59 Å². The van der Waals surface area contributed by atoms with Crippen LogP contribution in [0.2, 0.25) is 0 Å². The molecule has 0 aliphatic carbocycles. The topological polar surface area (TPSA) is 34.1 Å². The number of ketones is 2. The highest BCUT2D eigenvalue weighted by Gasteiger charge is 2.15. The normalized spacial score (nSPS) is 11.4. The summed E-state index contributed by atoms with van der Waals surface area (Å²) in [6, 6.07) is 14.2. The average Bonchev–Trinajstić information content (AvgIpc) is 2.73. The molecular formula is C26H36O2. The van der Waals surface area contributed by atoms with Gasteiger partial charge in [0, 0.05) is 26.3 Å². The minimum Gasteiger partial charge on any atom is -0.299 e. The number of hydrogen-bond acceptors (Lipinski definition) is 2. The number of rotatable bonds is 9. The molecule has 2 radical (unpaired) electrons.